The van der Waals surface area contributed by atoms with Gasteiger partial charge >= 0.3 is 55.3 Å². The number of ether oxygens (including phenoxy) is 3. The van der Waals surface area contributed by atoms with Gasteiger partial charge in [-0.25, -0.2) is 9.59 Å². The Morgan fingerprint density at radius 1 is 0.701 bits per heavy atom. The first-order valence-electron chi connectivity index (χ1n) is 22.8. The normalized spacial score (nSPS) is 17.7. The SMILES string of the molecule is CCCN1c2cc(NS(=O)(=O)C(F)(F)F)c(N=Nc3nnc(C(=O)OCCOC)s3)cc2CC(CCCN2c3cc(NS(=O)(=O)C(F)(F)F)c(N=Nc4nnc(C(=O)OC(F)(F)C(F)(F)F)s4)cc3CCC2CC)C1CC. The number of methoxy groups -OCH3 is 1. The van der Waals surface area contributed by atoms with Crippen LogP contribution in [-0.4, -0.2) is 118 Å². The third kappa shape index (κ3) is 14.2. The number of rotatable bonds is 22. The minimum atomic E-state index is -6.27. The molecule has 2 aromatic carbocycles. The second kappa shape index (κ2) is 23.9. The Kier molecular flexibility index (Phi) is 18.7. The molecule has 0 aliphatic carbocycles. The van der Waals surface area contributed by atoms with Crippen LogP contribution in [0.2, 0.25) is 0 Å². The summed E-state index contributed by atoms with van der Waals surface area (Å²) in [4.78, 5) is 28.2. The maximum atomic E-state index is 13.8. The van der Waals surface area contributed by atoms with Gasteiger partial charge in [0.2, 0.25) is 10.0 Å². The molecule has 424 valence electrons. The Morgan fingerprint density at radius 2 is 1.23 bits per heavy atom. The van der Waals surface area contributed by atoms with E-state index in [-0.39, 0.29) is 64.9 Å². The molecule has 2 aliphatic heterocycles. The summed E-state index contributed by atoms with van der Waals surface area (Å²) in [6.45, 7) is 6.24. The van der Waals surface area contributed by atoms with Crippen molar-refractivity contribution in [1.82, 2.24) is 20.4 Å². The first-order valence-corrected chi connectivity index (χ1v) is 27.4. The molecule has 21 nitrogen and oxygen atoms in total. The van der Waals surface area contributed by atoms with Gasteiger partial charge in [-0.2, -0.15) is 65.1 Å². The van der Waals surface area contributed by atoms with E-state index in [1.165, 1.54) is 30.0 Å². The zero-order chi connectivity index (χ0) is 56.9. The van der Waals surface area contributed by atoms with E-state index in [1.54, 1.807) is 4.72 Å². The monoisotopic (exact) mass is 1190 g/mol. The van der Waals surface area contributed by atoms with E-state index >= 15 is 0 Å². The molecule has 0 saturated carbocycles. The average Bonchev–Trinajstić information content (AvgIpc) is 4.03. The van der Waals surface area contributed by atoms with Gasteiger partial charge in [0.1, 0.15) is 18.0 Å². The molecule has 0 radical (unpaired) electrons. The number of sulfonamides is 2. The summed E-state index contributed by atoms with van der Waals surface area (Å²) in [5, 5.41) is 27.0. The lowest BCUT2D eigenvalue weighted by Crippen LogP contribution is -2.46. The van der Waals surface area contributed by atoms with Crippen LogP contribution >= 0.6 is 22.7 Å². The Hall–Kier alpha value is -6.01. The summed E-state index contributed by atoms with van der Waals surface area (Å²) in [6, 6.07) is 4.49. The lowest BCUT2D eigenvalue weighted by atomic mass is 9.81. The first-order chi connectivity index (χ1) is 35.9. The van der Waals surface area contributed by atoms with E-state index in [4.69, 9.17) is 9.47 Å². The van der Waals surface area contributed by atoms with Gasteiger partial charge < -0.3 is 24.0 Å². The highest BCUT2D eigenvalue weighted by atomic mass is 32.2. The van der Waals surface area contributed by atoms with Crippen LogP contribution in [0, 0.1) is 5.92 Å². The smallest absolute Gasteiger partial charge is 0.458 e. The number of carbonyl (C=O) groups is 2. The van der Waals surface area contributed by atoms with Gasteiger partial charge in [-0.1, -0.05) is 43.4 Å². The second-order valence-corrected chi connectivity index (χ2v) is 22.1. The van der Waals surface area contributed by atoms with E-state index in [0.717, 1.165) is 6.07 Å². The largest absolute Gasteiger partial charge is 0.516 e. The summed E-state index contributed by atoms with van der Waals surface area (Å²) in [7, 11) is -10.7. The number of aryl methyl sites for hydroxylation is 1. The van der Waals surface area contributed by atoms with E-state index in [1.807, 2.05) is 30.6 Å². The molecule has 0 amide bonds. The van der Waals surface area contributed by atoms with Crippen LogP contribution < -0.4 is 19.2 Å². The molecule has 4 heterocycles. The van der Waals surface area contributed by atoms with E-state index in [0.29, 0.717) is 91.7 Å². The maximum Gasteiger partial charge on any atom is 0.516 e. The zero-order valence-corrected chi connectivity index (χ0v) is 43.7. The van der Waals surface area contributed by atoms with Crippen molar-refractivity contribution in [2.45, 2.75) is 108 Å². The Labute approximate surface area is 438 Å². The molecular formula is C41H45F11N12O9S4. The van der Waals surface area contributed by atoms with E-state index < -0.39 is 82.5 Å². The molecule has 2 aromatic heterocycles. The van der Waals surface area contributed by atoms with Gasteiger partial charge in [0.15, 0.2) is 0 Å². The fourth-order valence-corrected chi connectivity index (χ4v) is 10.6. The van der Waals surface area contributed by atoms with Gasteiger partial charge in [-0.05, 0) is 92.7 Å². The maximum absolute atomic E-state index is 13.8. The minimum Gasteiger partial charge on any atom is -0.458 e. The lowest BCUT2D eigenvalue weighted by molar-refractivity contribution is -0.370. The summed E-state index contributed by atoms with van der Waals surface area (Å²) >= 11 is 0.655. The Balaban J connectivity index is 1.30. The second-order valence-electron chi connectivity index (χ2n) is 16.9. The predicted octanol–water partition coefficient (Wildman–Crippen LogP) is 11.0. The number of hydrogen-bond acceptors (Lipinski definition) is 21. The number of alkyl halides is 11. The highest BCUT2D eigenvalue weighted by Gasteiger charge is 2.62. The number of carbonyl (C=O) groups excluding carboxylic acids is 2. The topological polar surface area (TPSA) is 262 Å². The fourth-order valence-electron chi connectivity index (χ4n) is 8.39. The summed E-state index contributed by atoms with van der Waals surface area (Å²) in [5.41, 5.74) is -11.9. The molecule has 4 aromatic rings. The zero-order valence-electron chi connectivity index (χ0n) is 40.5. The van der Waals surface area contributed by atoms with Gasteiger partial charge in [0.05, 0.1) is 18.0 Å². The first kappa shape index (κ1) is 60.2. The van der Waals surface area contributed by atoms with Crippen molar-refractivity contribution >= 4 is 99.0 Å². The van der Waals surface area contributed by atoms with Crippen molar-refractivity contribution in [2.75, 3.05) is 52.7 Å². The average molecular weight is 1190 g/mol. The molecule has 0 bridgehead atoms. The van der Waals surface area contributed by atoms with Crippen molar-refractivity contribution in [3.8, 4) is 0 Å². The van der Waals surface area contributed by atoms with Gasteiger partial charge in [-0.3, -0.25) is 9.44 Å². The molecule has 77 heavy (non-hydrogen) atoms. The fraction of sp³-hybridized carbons (Fsp3) is 0.561. The van der Waals surface area contributed by atoms with Crippen LogP contribution in [0.3, 0.4) is 0 Å². The number of esters is 2. The van der Waals surface area contributed by atoms with Gasteiger partial charge in [0.25, 0.3) is 10.3 Å². The number of nitrogens with zero attached hydrogens (tertiary/aromatic N) is 10. The molecule has 36 heteroatoms. The minimum absolute atomic E-state index is 0.0190. The number of fused-ring (bicyclic) bond motifs is 2. The highest BCUT2D eigenvalue weighted by Crippen LogP contribution is 2.46. The number of halogens is 11. The van der Waals surface area contributed by atoms with Crippen molar-refractivity contribution < 1.29 is 88.9 Å². The van der Waals surface area contributed by atoms with Gasteiger partial charge in [-0.15, -0.1) is 40.9 Å². The number of nitrogens with one attached hydrogen (secondary N) is 2. The van der Waals surface area contributed by atoms with Gasteiger partial charge in [0, 0.05) is 43.7 Å². The van der Waals surface area contributed by atoms with Crippen molar-refractivity contribution in [2.24, 2.45) is 26.4 Å². The summed E-state index contributed by atoms with van der Waals surface area (Å²) in [5.74, 6) is -3.29. The molecule has 3 atom stereocenters. The molecule has 2 aliphatic rings. The highest BCUT2D eigenvalue weighted by molar-refractivity contribution is 7.93. The van der Waals surface area contributed by atoms with Crippen LogP contribution in [0.4, 0.5) is 92.7 Å². The van der Waals surface area contributed by atoms with Crippen molar-refractivity contribution in [3.05, 3.63) is 45.4 Å². The standard InChI is InChI=1S/C41H45F11N12O9S4/c1-5-12-64-29(7-3)21(16-23-18-26(28(20-31(23)64)62-77(69,70)41(50,51)52)54-57-36-59-55-32(74-36)34(65)72-15-14-71-4)9-8-13-63-24(6-2)11-10-22-17-25(27(19-30(22)63)61-76(67,68)40(47,48)49)53-58-37-60-56-33(75-37)35(66)73-39(45,46)38(42,43)44/h17-21,24,29,61-62H,5-16H2,1-4H3. The van der Waals surface area contributed by atoms with E-state index in [2.05, 4.69) is 45.6 Å². The third-order valence-electron chi connectivity index (χ3n) is 11.8. The molecule has 6 rings (SSSR count). The summed E-state index contributed by atoms with van der Waals surface area (Å²) < 4.78 is 213. The molecule has 2 N–H and O–H groups in total. The molecule has 0 spiro atoms. The van der Waals surface area contributed by atoms with Crippen LogP contribution in [0.5, 0.6) is 0 Å². The van der Waals surface area contributed by atoms with Crippen molar-refractivity contribution in [1.29, 1.82) is 0 Å². The van der Waals surface area contributed by atoms with Crippen LogP contribution in [-0.2, 0) is 47.1 Å². The Bertz CT molecular complexity index is 3070. The van der Waals surface area contributed by atoms with Crippen molar-refractivity contribution in [3.63, 3.8) is 0 Å². The quantitative estimate of drug-likeness (QED) is 0.0321. The number of azo groups is 2. The number of hydrogen-bond donors (Lipinski definition) is 2. The Morgan fingerprint density at radius 3 is 1.73 bits per heavy atom. The molecule has 0 fully saturated rings. The van der Waals surface area contributed by atoms with Crippen LogP contribution in [0.1, 0.15) is 90.0 Å². The summed E-state index contributed by atoms with van der Waals surface area (Å²) in [6.07, 6.45) is -8.62. The molecule has 0 saturated heterocycles. The van der Waals surface area contributed by atoms with E-state index in [9.17, 15) is 74.7 Å². The van der Waals surface area contributed by atoms with Crippen LogP contribution in [0.25, 0.3) is 0 Å². The number of benzene rings is 2. The lowest BCUT2D eigenvalue weighted by Gasteiger charge is -2.45. The van der Waals surface area contributed by atoms with Crippen LogP contribution in [0.15, 0.2) is 44.7 Å². The number of anilines is 4. The predicted molar refractivity (Wildman–Crippen MR) is 255 cm³/mol. The molecular weight excluding hydrogens is 1140 g/mol. The number of aromatic nitrogens is 4. The third-order valence-corrected chi connectivity index (χ3v) is 15.6. The molecule has 3 unspecified atom stereocenters.